The predicted octanol–water partition coefficient (Wildman–Crippen LogP) is 6.19. The van der Waals surface area contributed by atoms with E-state index >= 15 is 0 Å². The van der Waals surface area contributed by atoms with Crippen LogP contribution in [0.1, 0.15) is 29.9 Å². The molecule has 0 fully saturated rings. The van der Waals surface area contributed by atoms with Crippen molar-refractivity contribution in [3.8, 4) is 10.4 Å². The van der Waals surface area contributed by atoms with E-state index in [9.17, 15) is 0 Å². The standard InChI is InChI=1S/C23H22N4S.C2H6/c1-15-5-4-6-16(11-15)21-12-20-22(28-21)23(27-14-26-20)24-10-9-17-13-25-19-8-3-2-7-18(17)19;1-2/h2-8,11-13,25-26H,9-10,14H2,1H3,(H,24,27);1-2H3. The van der Waals surface area contributed by atoms with E-state index in [1.165, 1.54) is 43.0 Å². The van der Waals surface area contributed by atoms with E-state index in [1.54, 1.807) is 11.3 Å². The number of rotatable bonds is 4. The fourth-order valence-electron chi connectivity index (χ4n) is 3.70. The quantitative estimate of drug-likeness (QED) is 0.371. The Kier molecular flexibility index (Phi) is 6.19. The van der Waals surface area contributed by atoms with Crippen LogP contribution >= 0.6 is 11.3 Å². The molecule has 0 amide bonds. The Morgan fingerprint density at radius 2 is 1.93 bits per heavy atom. The summed E-state index contributed by atoms with van der Waals surface area (Å²) in [5.41, 5.74) is 6.25. The summed E-state index contributed by atoms with van der Waals surface area (Å²) in [6.45, 7) is 7.61. The zero-order valence-corrected chi connectivity index (χ0v) is 18.6. The normalized spacial score (nSPS) is 12.4. The van der Waals surface area contributed by atoms with Crippen molar-refractivity contribution in [3.63, 3.8) is 0 Å². The molecule has 30 heavy (non-hydrogen) atoms. The fraction of sp³-hybridized carbons (Fsp3) is 0.240. The number of anilines is 1. The minimum atomic E-state index is 0.617. The van der Waals surface area contributed by atoms with Gasteiger partial charge in [0.2, 0.25) is 0 Å². The molecule has 0 radical (unpaired) electrons. The van der Waals surface area contributed by atoms with Gasteiger partial charge in [0, 0.05) is 28.5 Å². The molecule has 154 valence electrons. The van der Waals surface area contributed by atoms with E-state index in [1.807, 2.05) is 13.8 Å². The molecule has 3 N–H and O–H groups in total. The first-order valence-electron chi connectivity index (χ1n) is 10.6. The van der Waals surface area contributed by atoms with Crippen molar-refractivity contribution in [3.05, 3.63) is 76.8 Å². The second kappa shape index (κ2) is 9.18. The number of aromatic amines is 1. The number of hydrogen-bond acceptors (Lipinski definition) is 4. The Balaban J connectivity index is 0.00000106. The highest BCUT2D eigenvalue weighted by atomic mass is 32.1. The minimum Gasteiger partial charge on any atom is -0.369 e. The lowest BCUT2D eigenvalue weighted by Crippen LogP contribution is -2.29. The monoisotopic (exact) mass is 416 g/mol. The molecule has 0 bridgehead atoms. The van der Waals surface area contributed by atoms with Gasteiger partial charge in [0.25, 0.3) is 0 Å². The zero-order chi connectivity index (χ0) is 20.9. The molecule has 4 aromatic rings. The molecule has 0 spiro atoms. The molecule has 0 saturated heterocycles. The zero-order valence-electron chi connectivity index (χ0n) is 17.8. The molecule has 0 saturated carbocycles. The van der Waals surface area contributed by atoms with Crippen LogP contribution in [0.4, 0.5) is 5.69 Å². The van der Waals surface area contributed by atoms with Crippen molar-refractivity contribution in [2.75, 3.05) is 18.5 Å². The summed E-state index contributed by atoms with van der Waals surface area (Å²) in [5.74, 6) is 0.998. The molecule has 1 aliphatic rings. The van der Waals surface area contributed by atoms with Gasteiger partial charge >= 0.3 is 0 Å². The molecule has 5 heteroatoms. The van der Waals surface area contributed by atoms with Gasteiger partial charge in [0.15, 0.2) is 0 Å². The topological polar surface area (TPSA) is 52.2 Å². The number of amidine groups is 1. The van der Waals surface area contributed by atoms with Gasteiger partial charge in [-0.15, -0.1) is 11.3 Å². The van der Waals surface area contributed by atoms with Gasteiger partial charge in [-0.05, 0) is 36.6 Å². The smallest absolute Gasteiger partial charge is 0.142 e. The van der Waals surface area contributed by atoms with Crippen LogP contribution in [-0.2, 0) is 6.42 Å². The molecular formula is C25H28N4S. The van der Waals surface area contributed by atoms with Crippen LogP contribution in [0.2, 0.25) is 0 Å². The minimum absolute atomic E-state index is 0.617. The molecule has 5 rings (SSSR count). The number of hydrogen-bond donors (Lipinski definition) is 3. The molecule has 2 aromatic carbocycles. The number of fused-ring (bicyclic) bond motifs is 2. The number of thiophene rings is 1. The summed E-state index contributed by atoms with van der Waals surface area (Å²) in [6.07, 6.45) is 3.07. The molecule has 3 heterocycles. The Labute approximate surface area is 182 Å². The van der Waals surface area contributed by atoms with Gasteiger partial charge < -0.3 is 15.6 Å². The van der Waals surface area contributed by atoms with Gasteiger partial charge in [-0.1, -0.05) is 61.9 Å². The summed E-state index contributed by atoms with van der Waals surface area (Å²) in [7, 11) is 0. The van der Waals surface area contributed by atoms with Crippen molar-refractivity contribution in [2.45, 2.75) is 27.2 Å². The van der Waals surface area contributed by atoms with E-state index in [4.69, 9.17) is 0 Å². The van der Waals surface area contributed by atoms with Crippen molar-refractivity contribution in [2.24, 2.45) is 4.99 Å². The number of para-hydroxylation sites is 1. The summed E-state index contributed by atoms with van der Waals surface area (Å²) >= 11 is 1.79. The van der Waals surface area contributed by atoms with Crippen LogP contribution in [0.3, 0.4) is 0 Å². The lowest BCUT2D eigenvalue weighted by Gasteiger charge is -2.15. The van der Waals surface area contributed by atoms with E-state index < -0.39 is 0 Å². The van der Waals surface area contributed by atoms with Crippen LogP contribution in [0.25, 0.3) is 21.3 Å². The molecule has 0 unspecified atom stereocenters. The Hall–Kier alpha value is -3.05. The number of nitrogens with zero attached hydrogens (tertiary/aromatic N) is 1. The van der Waals surface area contributed by atoms with Gasteiger partial charge in [0.05, 0.1) is 10.6 Å². The lowest BCUT2D eigenvalue weighted by molar-refractivity contribution is 0.862. The fourth-order valence-corrected chi connectivity index (χ4v) is 4.82. The number of H-pyrrole nitrogens is 1. The highest BCUT2D eigenvalue weighted by molar-refractivity contribution is 7.18. The number of aromatic nitrogens is 1. The molecule has 2 aromatic heterocycles. The summed E-state index contributed by atoms with van der Waals surface area (Å²) in [6, 6.07) is 19.3. The van der Waals surface area contributed by atoms with Crippen LogP contribution in [0, 0.1) is 6.92 Å². The third kappa shape index (κ3) is 4.12. The molecule has 0 aliphatic carbocycles. The molecule has 0 atom stereocenters. The largest absolute Gasteiger partial charge is 0.369 e. The first-order chi connectivity index (χ1) is 14.8. The van der Waals surface area contributed by atoms with Crippen LogP contribution in [0.5, 0.6) is 0 Å². The third-order valence-electron chi connectivity index (χ3n) is 5.12. The SMILES string of the molecule is CC.Cc1cccc(-c2cc3c(s2)C(NCCc2c[nH]c4ccccc24)=NCN3)c1. The maximum atomic E-state index is 4.67. The van der Waals surface area contributed by atoms with Gasteiger partial charge in [0.1, 0.15) is 12.5 Å². The second-order valence-corrected chi connectivity index (χ2v) is 8.15. The number of nitrogens with one attached hydrogen (secondary N) is 3. The molecular weight excluding hydrogens is 388 g/mol. The molecule has 1 aliphatic heterocycles. The average molecular weight is 417 g/mol. The number of benzene rings is 2. The average Bonchev–Trinajstić information content (AvgIpc) is 3.40. The van der Waals surface area contributed by atoms with Crippen LogP contribution < -0.4 is 10.6 Å². The van der Waals surface area contributed by atoms with E-state index in [0.717, 1.165) is 18.8 Å². The van der Waals surface area contributed by atoms with E-state index in [0.29, 0.717) is 6.67 Å². The van der Waals surface area contributed by atoms with E-state index in [2.05, 4.69) is 88.3 Å². The maximum absolute atomic E-state index is 4.67. The number of aliphatic imine (C=N–C) groups is 1. The Morgan fingerprint density at radius 3 is 2.80 bits per heavy atom. The highest BCUT2D eigenvalue weighted by Crippen LogP contribution is 2.36. The first-order valence-corrected chi connectivity index (χ1v) is 11.4. The predicted molar refractivity (Wildman–Crippen MR) is 131 cm³/mol. The third-order valence-corrected chi connectivity index (χ3v) is 6.31. The summed E-state index contributed by atoms with van der Waals surface area (Å²) < 4.78 is 0. The second-order valence-electron chi connectivity index (χ2n) is 7.10. The number of aryl methyl sites for hydroxylation is 1. The summed E-state index contributed by atoms with van der Waals surface area (Å²) in [4.78, 5) is 10.5. The Bertz CT molecular complexity index is 1170. The van der Waals surface area contributed by atoms with Crippen molar-refractivity contribution in [1.29, 1.82) is 0 Å². The van der Waals surface area contributed by atoms with Crippen molar-refractivity contribution >= 4 is 33.8 Å². The van der Waals surface area contributed by atoms with E-state index in [-0.39, 0.29) is 0 Å². The Morgan fingerprint density at radius 1 is 1.07 bits per heavy atom. The molecule has 4 nitrogen and oxygen atoms in total. The first kappa shape index (κ1) is 20.2. The van der Waals surface area contributed by atoms with Crippen molar-refractivity contribution in [1.82, 2.24) is 10.3 Å². The van der Waals surface area contributed by atoms with Gasteiger partial charge in [-0.25, -0.2) is 4.99 Å². The van der Waals surface area contributed by atoms with Crippen LogP contribution in [0.15, 0.2) is 65.8 Å². The van der Waals surface area contributed by atoms with Crippen LogP contribution in [-0.4, -0.2) is 24.0 Å². The van der Waals surface area contributed by atoms with Gasteiger partial charge in [-0.2, -0.15) is 0 Å². The lowest BCUT2D eigenvalue weighted by atomic mass is 10.1. The summed E-state index contributed by atoms with van der Waals surface area (Å²) in [5, 5.41) is 8.27. The van der Waals surface area contributed by atoms with Gasteiger partial charge in [-0.3, -0.25) is 0 Å². The highest BCUT2D eigenvalue weighted by Gasteiger charge is 2.18. The maximum Gasteiger partial charge on any atom is 0.142 e. The van der Waals surface area contributed by atoms with Crippen molar-refractivity contribution < 1.29 is 0 Å².